The number of hydrogen-bond acceptors (Lipinski definition) is 3. The summed E-state index contributed by atoms with van der Waals surface area (Å²) >= 11 is 0. The first-order chi connectivity index (χ1) is 9.69. The van der Waals surface area contributed by atoms with Crippen LogP contribution in [0.2, 0.25) is 0 Å². The largest absolute Gasteiger partial charge is 0.322 e. The standard InChI is InChI=1S/C15H18N4O/c1-10-5-12-8-17-9-14(12)19(10)15(20)18-13-4-2-3-11(6-13)7-16/h2-4,6,10,12,14,17H,5,8-9H2,1H3,(H,18,20). The van der Waals surface area contributed by atoms with Crippen molar-refractivity contribution in [2.24, 2.45) is 5.92 Å². The van der Waals surface area contributed by atoms with Crippen LogP contribution in [-0.2, 0) is 0 Å². The molecular formula is C15H18N4O. The van der Waals surface area contributed by atoms with Gasteiger partial charge in [-0.1, -0.05) is 6.07 Å². The van der Waals surface area contributed by atoms with E-state index in [0.29, 0.717) is 23.2 Å². The third-order valence-electron chi connectivity index (χ3n) is 4.26. The summed E-state index contributed by atoms with van der Waals surface area (Å²) in [5.74, 6) is 0.571. The van der Waals surface area contributed by atoms with Crippen LogP contribution in [0.4, 0.5) is 10.5 Å². The van der Waals surface area contributed by atoms with E-state index in [2.05, 4.69) is 23.6 Å². The van der Waals surface area contributed by atoms with Crippen molar-refractivity contribution in [3.63, 3.8) is 0 Å². The van der Waals surface area contributed by atoms with Crippen LogP contribution in [-0.4, -0.2) is 36.1 Å². The fourth-order valence-electron chi connectivity index (χ4n) is 3.37. The first-order valence-electron chi connectivity index (χ1n) is 6.99. The summed E-state index contributed by atoms with van der Waals surface area (Å²) in [6.07, 6.45) is 1.06. The van der Waals surface area contributed by atoms with E-state index in [0.717, 1.165) is 19.5 Å². The molecule has 2 saturated heterocycles. The van der Waals surface area contributed by atoms with Crippen molar-refractivity contribution in [3.8, 4) is 6.07 Å². The van der Waals surface area contributed by atoms with Gasteiger partial charge in [-0.15, -0.1) is 0 Å². The molecule has 2 amide bonds. The summed E-state index contributed by atoms with van der Waals surface area (Å²) < 4.78 is 0. The molecule has 0 spiro atoms. The third-order valence-corrected chi connectivity index (χ3v) is 4.26. The Morgan fingerprint density at radius 3 is 3.15 bits per heavy atom. The van der Waals surface area contributed by atoms with E-state index in [1.54, 1.807) is 18.2 Å². The van der Waals surface area contributed by atoms with Gasteiger partial charge in [-0.25, -0.2) is 4.79 Å². The lowest BCUT2D eigenvalue weighted by molar-refractivity contribution is 0.190. The highest BCUT2D eigenvalue weighted by Gasteiger charge is 2.44. The minimum atomic E-state index is -0.0659. The molecule has 3 atom stereocenters. The van der Waals surface area contributed by atoms with Crippen LogP contribution < -0.4 is 10.6 Å². The fourth-order valence-corrected chi connectivity index (χ4v) is 3.37. The van der Waals surface area contributed by atoms with Gasteiger partial charge in [-0.3, -0.25) is 0 Å². The van der Waals surface area contributed by atoms with Gasteiger partial charge in [-0.2, -0.15) is 5.26 Å². The summed E-state index contributed by atoms with van der Waals surface area (Å²) in [6, 6.07) is 9.59. The molecule has 0 radical (unpaired) electrons. The van der Waals surface area contributed by atoms with E-state index in [9.17, 15) is 4.79 Å². The van der Waals surface area contributed by atoms with Crippen LogP contribution in [0, 0.1) is 17.2 Å². The predicted molar refractivity (Wildman–Crippen MR) is 76.2 cm³/mol. The molecule has 5 nitrogen and oxygen atoms in total. The van der Waals surface area contributed by atoms with Gasteiger partial charge < -0.3 is 15.5 Å². The second kappa shape index (κ2) is 5.14. The summed E-state index contributed by atoms with van der Waals surface area (Å²) in [6.45, 7) is 3.98. The molecule has 5 heteroatoms. The van der Waals surface area contributed by atoms with Crippen LogP contribution in [0.15, 0.2) is 24.3 Å². The maximum Gasteiger partial charge on any atom is 0.322 e. The molecule has 1 aromatic carbocycles. The fraction of sp³-hybridized carbons (Fsp3) is 0.467. The number of fused-ring (bicyclic) bond motifs is 1. The molecule has 0 aliphatic carbocycles. The van der Waals surface area contributed by atoms with E-state index >= 15 is 0 Å². The molecule has 3 rings (SSSR count). The second-order valence-electron chi connectivity index (χ2n) is 5.60. The average Bonchev–Trinajstić information content (AvgIpc) is 2.98. The Hall–Kier alpha value is -2.06. The second-order valence-corrected chi connectivity index (χ2v) is 5.60. The maximum absolute atomic E-state index is 12.5. The van der Waals surface area contributed by atoms with E-state index in [1.165, 1.54) is 0 Å². The van der Waals surface area contributed by atoms with Gasteiger partial charge in [0.2, 0.25) is 0 Å². The van der Waals surface area contributed by atoms with E-state index in [4.69, 9.17) is 5.26 Å². The van der Waals surface area contributed by atoms with Gasteiger partial charge in [0, 0.05) is 24.8 Å². The van der Waals surface area contributed by atoms with Gasteiger partial charge in [0.1, 0.15) is 0 Å². The molecule has 0 bridgehead atoms. The molecule has 0 saturated carbocycles. The Morgan fingerprint density at radius 2 is 2.35 bits per heavy atom. The van der Waals surface area contributed by atoms with Gasteiger partial charge in [0.05, 0.1) is 17.7 Å². The zero-order valence-corrected chi connectivity index (χ0v) is 11.5. The molecular weight excluding hydrogens is 252 g/mol. The van der Waals surface area contributed by atoms with E-state index in [-0.39, 0.29) is 12.1 Å². The average molecular weight is 270 g/mol. The SMILES string of the molecule is CC1CC2CNCC2N1C(=O)Nc1cccc(C#N)c1. The Kier molecular flexibility index (Phi) is 3.33. The number of anilines is 1. The summed E-state index contributed by atoms with van der Waals surface area (Å²) in [7, 11) is 0. The number of nitrogens with one attached hydrogen (secondary N) is 2. The quantitative estimate of drug-likeness (QED) is 0.817. The Bertz CT molecular complexity index is 565. The molecule has 2 N–H and O–H groups in total. The van der Waals surface area contributed by atoms with Crippen molar-refractivity contribution in [1.29, 1.82) is 5.26 Å². The lowest BCUT2D eigenvalue weighted by atomic mass is 10.0. The molecule has 2 aliphatic rings. The third kappa shape index (κ3) is 2.23. The highest BCUT2D eigenvalue weighted by molar-refractivity contribution is 5.90. The first-order valence-corrected chi connectivity index (χ1v) is 6.99. The number of hydrogen-bond donors (Lipinski definition) is 2. The topological polar surface area (TPSA) is 68.2 Å². The van der Waals surface area contributed by atoms with Crippen LogP contribution >= 0.6 is 0 Å². The Morgan fingerprint density at radius 1 is 1.50 bits per heavy atom. The maximum atomic E-state index is 12.5. The number of urea groups is 1. The number of benzene rings is 1. The predicted octanol–water partition coefficient (Wildman–Crippen LogP) is 1.77. The molecule has 0 aromatic heterocycles. The van der Waals surface area contributed by atoms with Crippen molar-refractivity contribution >= 4 is 11.7 Å². The van der Waals surface area contributed by atoms with Crippen molar-refractivity contribution in [3.05, 3.63) is 29.8 Å². The zero-order chi connectivity index (χ0) is 14.1. The Balaban J connectivity index is 1.74. The van der Waals surface area contributed by atoms with Gasteiger partial charge in [0.15, 0.2) is 0 Å². The minimum absolute atomic E-state index is 0.0659. The van der Waals surface area contributed by atoms with Crippen LogP contribution in [0.3, 0.4) is 0 Å². The number of rotatable bonds is 1. The van der Waals surface area contributed by atoms with Crippen LogP contribution in [0.5, 0.6) is 0 Å². The molecule has 2 aliphatic heterocycles. The lowest BCUT2D eigenvalue weighted by Gasteiger charge is -2.27. The summed E-state index contributed by atoms with van der Waals surface area (Å²) in [5.41, 5.74) is 1.23. The summed E-state index contributed by atoms with van der Waals surface area (Å²) in [5, 5.41) is 15.1. The monoisotopic (exact) mass is 270 g/mol. The highest BCUT2D eigenvalue weighted by Crippen LogP contribution is 2.32. The number of carbonyl (C=O) groups is 1. The number of carbonyl (C=O) groups excluding carboxylic acids is 1. The lowest BCUT2D eigenvalue weighted by Crippen LogP contribution is -2.45. The molecule has 3 unspecified atom stereocenters. The number of likely N-dealkylation sites (tertiary alicyclic amines) is 1. The van der Waals surface area contributed by atoms with E-state index < -0.39 is 0 Å². The molecule has 2 fully saturated rings. The van der Waals surface area contributed by atoms with Crippen molar-refractivity contribution in [1.82, 2.24) is 10.2 Å². The van der Waals surface area contributed by atoms with E-state index in [1.807, 2.05) is 11.0 Å². The molecule has 20 heavy (non-hydrogen) atoms. The number of amides is 2. The molecule has 2 heterocycles. The number of nitrogens with zero attached hydrogens (tertiary/aromatic N) is 2. The molecule has 1 aromatic rings. The normalized spacial score (nSPS) is 28.0. The smallest absolute Gasteiger partial charge is 0.317 e. The molecule has 104 valence electrons. The highest BCUT2D eigenvalue weighted by atomic mass is 16.2. The van der Waals surface area contributed by atoms with Crippen LogP contribution in [0.25, 0.3) is 0 Å². The Labute approximate surface area is 118 Å². The van der Waals surface area contributed by atoms with Gasteiger partial charge >= 0.3 is 6.03 Å². The zero-order valence-electron chi connectivity index (χ0n) is 11.5. The first kappa shape index (κ1) is 12.9. The van der Waals surface area contributed by atoms with Gasteiger partial charge in [0.25, 0.3) is 0 Å². The van der Waals surface area contributed by atoms with Crippen LogP contribution in [0.1, 0.15) is 18.9 Å². The van der Waals surface area contributed by atoms with Crippen molar-refractivity contribution < 1.29 is 4.79 Å². The minimum Gasteiger partial charge on any atom is -0.317 e. The van der Waals surface area contributed by atoms with Gasteiger partial charge in [-0.05, 0) is 37.5 Å². The number of nitriles is 1. The van der Waals surface area contributed by atoms with Crippen molar-refractivity contribution in [2.75, 3.05) is 18.4 Å². The summed E-state index contributed by atoms with van der Waals surface area (Å²) in [4.78, 5) is 14.4. The van der Waals surface area contributed by atoms with Crippen molar-refractivity contribution in [2.45, 2.75) is 25.4 Å².